The molecule has 1 aliphatic heterocycles. The van der Waals surface area contributed by atoms with E-state index in [1.165, 1.54) is 0 Å². The van der Waals surface area contributed by atoms with Gasteiger partial charge in [0.25, 0.3) is 0 Å². The fourth-order valence-corrected chi connectivity index (χ4v) is 2.55. The van der Waals surface area contributed by atoms with E-state index in [2.05, 4.69) is 25.8 Å². The Labute approximate surface area is 98.3 Å². The predicted octanol–water partition coefficient (Wildman–Crippen LogP) is 1.45. The first-order valence-electron chi connectivity index (χ1n) is 5.08. The van der Waals surface area contributed by atoms with Crippen LogP contribution < -0.4 is 0 Å². The average molecular weight is 271 g/mol. The molecule has 0 aliphatic carbocycles. The average Bonchev–Trinajstić information content (AvgIpc) is 2.45. The van der Waals surface area contributed by atoms with Crippen molar-refractivity contribution in [2.75, 3.05) is 20.1 Å². The molecule has 0 amide bonds. The zero-order valence-electron chi connectivity index (χ0n) is 8.78. The number of pyridine rings is 1. The van der Waals surface area contributed by atoms with Gasteiger partial charge < -0.3 is 10.0 Å². The SMILES string of the molecule is CN1CCC(O)(Cc2cncc(Br)c2)C1. The van der Waals surface area contributed by atoms with E-state index in [9.17, 15) is 5.11 Å². The molecule has 0 saturated carbocycles. The fraction of sp³-hybridized carbons (Fsp3) is 0.545. The Hall–Kier alpha value is -0.450. The summed E-state index contributed by atoms with van der Waals surface area (Å²) in [5.41, 5.74) is 0.513. The molecule has 1 saturated heterocycles. The third-order valence-electron chi connectivity index (χ3n) is 2.82. The van der Waals surface area contributed by atoms with Crippen LogP contribution in [-0.2, 0) is 6.42 Å². The summed E-state index contributed by atoms with van der Waals surface area (Å²) in [6.45, 7) is 1.72. The zero-order chi connectivity index (χ0) is 10.9. The first-order chi connectivity index (χ1) is 7.07. The summed E-state index contributed by atoms with van der Waals surface area (Å²) in [6.07, 6.45) is 5.11. The van der Waals surface area contributed by atoms with Gasteiger partial charge in [-0.3, -0.25) is 4.98 Å². The van der Waals surface area contributed by atoms with E-state index in [4.69, 9.17) is 0 Å². The maximum absolute atomic E-state index is 10.3. The summed E-state index contributed by atoms with van der Waals surface area (Å²) >= 11 is 3.39. The highest BCUT2D eigenvalue weighted by molar-refractivity contribution is 9.10. The van der Waals surface area contributed by atoms with Crippen molar-refractivity contribution in [1.82, 2.24) is 9.88 Å². The van der Waals surface area contributed by atoms with E-state index >= 15 is 0 Å². The molecule has 1 atom stereocenters. The molecule has 1 fully saturated rings. The molecule has 2 heterocycles. The molecule has 3 nitrogen and oxygen atoms in total. The number of likely N-dealkylation sites (N-methyl/N-ethyl adjacent to an activating group) is 1. The number of nitrogens with zero attached hydrogens (tertiary/aromatic N) is 2. The minimum Gasteiger partial charge on any atom is -0.388 e. The van der Waals surface area contributed by atoms with Crippen molar-refractivity contribution in [3.05, 3.63) is 28.5 Å². The lowest BCUT2D eigenvalue weighted by atomic mass is 9.95. The van der Waals surface area contributed by atoms with Gasteiger partial charge in [-0.25, -0.2) is 0 Å². The van der Waals surface area contributed by atoms with Crippen LogP contribution in [0, 0.1) is 0 Å². The van der Waals surface area contributed by atoms with Crippen molar-refractivity contribution in [3.8, 4) is 0 Å². The molecule has 15 heavy (non-hydrogen) atoms. The lowest BCUT2D eigenvalue weighted by Gasteiger charge is -2.22. The number of rotatable bonds is 2. The van der Waals surface area contributed by atoms with Crippen LogP contribution in [0.5, 0.6) is 0 Å². The second-order valence-corrected chi connectivity index (χ2v) is 5.32. The molecule has 1 aliphatic rings. The standard InChI is InChI=1S/C11H15BrN2O/c1-14-3-2-11(15,8-14)5-9-4-10(12)7-13-6-9/h4,6-7,15H,2-3,5,8H2,1H3. The smallest absolute Gasteiger partial charge is 0.0826 e. The minimum atomic E-state index is -0.572. The molecule has 0 radical (unpaired) electrons. The van der Waals surface area contributed by atoms with Crippen LogP contribution in [0.15, 0.2) is 22.9 Å². The van der Waals surface area contributed by atoms with E-state index in [0.29, 0.717) is 6.42 Å². The lowest BCUT2D eigenvalue weighted by Crippen LogP contribution is -2.34. The summed E-state index contributed by atoms with van der Waals surface area (Å²) in [5.74, 6) is 0. The Bertz CT molecular complexity index is 358. The molecule has 2 rings (SSSR count). The molecule has 0 aromatic carbocycles. The zero-order valence-corrected chi connectivity index (χ0v) is 10.4. The Morgan fingerprint density at radius 2 is 2.40 bits per heavy atom. The van der Waals surface area contributed by atoms with E-state index in [0.717, 1.165) is 29.5 Å². The number of hydrogen-bond acceptors (Lipinski definition) is 3. The van der Waals surface area contributed by atoms with Crippen molar-refractivity contribution in [3.63, 3.8) is 0 Å². The summed E-state index contributed by atoms with van der Waals surface area (Å²) in [5, 5.41) is 10.3. The molecule has 82 valence electrons. The van der Waals surface area contributed by atoms with Crippen LogP contribution in [0.1, 0.15) is 12.0 Å². The molecule has 1 unspecified atom stereocenters. The normalized spacial score (nSPS) is 27.1. The van der Waals surface area contributed by atoms with Gasteiger partial charge in [0.1, 0.15) is 0 Å². The van der Waals surface area contributed by atoms with Crippen molar-refractivity contribution in [2.45, 2.75) is 18.4 Å². The van der Waals surface area contributed by atoms with Gasteiger partial charge in [0, 0.05) is 36.4 Å². The Morgan fingerprint density at radius 3 is 3.00 bits per heavy atom. The summed E-state index contributed by atoms with van der Waals surface area (Å²) in [6, 6.07) is 2.02. The van der Waals surface area contributed by atoms with Gasteiger partial charge in [-0.2, -0.15) is 0 Å². The Morgan fingerprint density at radius 1 is 1.60 bits per heavy atom. The summed E-state index contributed by atoms with van der Waals surface area (Å²) < 4.78 is 0.968. The van der Waals surface area contributed by atoms with Gasteiger partial charge in [-0.15, -0.1) is 0 Å². The lowest BCUT2D eigenvalue weighted by molar-refractivity contribution is 0.0522. The van der Waals surface area contributed by atoms with Crippen molar-refractivity contribution >= 4 is 15.9 Å². The Balaban J connectivity index is 2.08. The number of aliphatic hydroxyl groups is 1. The maximum Gasteiger partial charge on any atom is 0.0826 e. The monoisotopic (exact) mass is 270 g/mol. The Kier molecular flexibility index (Phi) is 3.09. The molecule has 0 spiro atoms. The number of β-amino-alcohol motifs (C(OH)–C–C–N with tert-alkyl or cyclic N) is 1. The number of aromatic nitrogens is 1. The molecular weight excluding hydrogens is 256 g/mol. The summed E-state index contributed by atoms with van der Waals surface area (Å²) in [4.78, 5) is 6.26. The van der Waals surface area contributed by atoms with E-state index in [1.807, 2.05) is 19.3 Å². The van der Waals surface area contributed by atoms with Gasteiger partial charge in [0.15, 0.2) is 0 Å². The maximum atomic E-state index is 10.3. The first kappa shape index (κ1) is 11.0. The van der Waals surface area contributed by atoms with Crippen LogP contribution in [-0.4, -0.2) is 40.7 Å². The first-order valence-corrected chi connectivity index (χ1v) is 5.87. The second-order valence-electron chi connectivity index (χ2n) is 4.40. The fourth-order valence-electron chi connectivity index (χ4n) is 2.14. The minimum absolute atomic E-state index is 0.572. The van der Waals surface area contributed by atoms with Gasteiger partial charge in [0.05, 0.1) is 5.60 Å². The molecule has 1 aromatic heterocycles. The highest BCUT2D eigenvalue weighted by Gasteiger charge is 2.34. The molecule has 0 bridgehead atoms. The molecule has 1 aromatic rings. The highest BCUT2D eigenvalue weighted by atomic mass is 79.9. The van der Waals surface area contributed by atoms with Crippen LogP contribution in [0.25, 0.3) is 0 Å². The van der Waals surface area contributed by atoms with Crippen molar-refractivity contribution < 1.29 is 5.11 Å². The van der Waals surface area contributed by atoms with Gasteiger partial charge in [-0.05, 0) is 41.0 Å². The number of likely N-dealkylation sites (tertiary alicyclic amines) is 1. The van der Waals surface area contributed by atoms with E-state index < -0.39 is 5.60 Å². The van der Waals surface area contributed by atoms with Crippen LogP contribution in [0.2, 0.25) is 0 Å². The summed E-state index contributed by atoms with van der Waals surface area (Å²) in [7, 11) is 2.04. The van der Waals surface area contributed by atoms with Gasteiger partial charge in [-0.1, -0.05) is 0 Å². The van der Waals surface area contributed by atoms with Gasteiger partial charge >= 0.3 is 0 Å². The van der Waals surface area contributed by atoms with E-state index in [-0.39, 0.29) is 0 Å². The van der Waals surface area contributed by atoms with Crippen molar-refractivity contribution in [2.24, 2.45) is 0 Å². The number of hydrogen-bond donors (Lipinski definition) is 1. The largest absolute Gasteiger partial charge is 0.388 e. The number of halogens is 1. The third kappa shape index (κ3) is 2.77. The highest BCUT2D eigenvalue weighted by Crippen LogP contribution is 2.25. The topological polar surface area (TPSA) is 36.4 Å². The predicted molar refractivity (Wildman–Crippen MR) is 62.7 cm³/mol. The second kappa shape index (κ2) is 4.20. The van der Waals surface area contributed by atoms with E-state index in [1.54, 1.807) is 6.20 Å². The van der Waals surface area contributed by atoms with Gasteiger partial charge in [0.2, 0.25) is 0 Å². The van der Waals surface area contributed by atoms with Crippen LogP contribution in [0.4, 0.5) is 0 Å². The van der Waals surface area contributed by atoms with Crippen molar-refractivity contribution in [1.29, 1.82) is 0 Å². The molecule has 4 heteroatoms. The third-order valence-corrected chi connectivity index (χ3v) is 3.25. The quantitative estimate of drug-likeness (QED) is 0.884. The molecular formula is C11H15BrN2O. The van der Waals surface area contributed by atoms with Crippen LogP contribution >= 0.6 is 15.9 Å². The van der Waals surface area contributed by atoms with Crippen LogP contribution in [0.3, 0.4) is 0 Å². The molecule has 1 N–H and O–H groups in total.